The fraction of sp³-hybridized carbons (Fsp3) is 0.545. The zero-order valence-electron chi connectivity index (χ0n) is 8.95. The molecule has 0 radical (unpaired) electrons. The van der Waals surface area contributed by atoms with Crippen molar-refractivity contribution in [2.24, 2.45) is 11.8 Å². The van der Waals surface area contributed by atoms with Crippen LogP contribution in [-0.4, -0.2) is 22.8 Å². The highest BCUT2D eigenvalue weighted by atomic mass is 16.4. The first kappa shape index (κ1) is 10.9. The second-order valence-electron chi connectivity index (χ2n) is 4.27. The predicted molar refractivity (Wildman–Crippen MR) is 54.3 cm³/mol. The highest BCUT2D eigenvalue weighted by Gasteiger charge is 2.44. The molecule has 0 bridgehead atoms. The summed E-state index contributed by atoms with van der Waals surface area (Å²) in [6, 6.07) is 0. The second kappa shape index (κ2) is 3.73. The molecule has 16 heavy (non-hydrogen) atoms. The van der Waals surface area contributed by atoms with Gasteiger partial charge in [-0.3, -0.25) is 14.4 Å². The van der Waals surface area contributed by atoms with Gasteiger partial charge in [-0.25, -0.2) is 0 Å². The first-order chi connectivity index (χ1) is 7.52. The summed E-state index contributed by atoms with van der Waals surface area (Å²) < 4.78 is 0. The minimum Gasteiger partial charge on any atom is -0.481 e. The Balaban J connectivity index is 2.45. The molecule has 5 nitrogen and oxygen atoms in total. The fourth-order valence-corrected chi connectivity index (χ4v) is 2.59. The number of hydrogen-bond donors (Lipinski definition) is 2. The van der Waals surface area contributed by atoms with Gasteiger partial charge in [-0.05, 0) is 19.8 Å². The lowest BCUT2D eigenvalue weighted by Gasteiger charge is -2.34. The van der Waals surface area contributed by atoms with E-state index in [0.717, 1.165) is 0 Å². The Labute approximate surface area is 92.5 Å². The van der Waals surface area contributed by atoms with Gasteiger partial charge in [-0.1, -0.05) is 0 Å². The molecule has 1 amide bonds. The third-order valence-corrected chi connectivity index (χ3v) is 3.26. The molecule has 0 saturated heterocycles. The molecule has 0 aromatic rings. The molecule has 1 aliphatic carbocycles. The average Bonchev–Trinajstić information content (AvgIpc) is 2.15. The predicted octanol–water partition coefficient (Wildman–Crippen LogP) is 0.460. The summed E-state index contributed by atoms with van der Waals surface area (Å²) in [4.78, 5) is 34.3. The van der Waals surface area contributed by atoms with E-state index in [4.69, 9.17) is 5.11 Å². The van der Waals surface area contributed by atoms with Crippen LogP contribution in [0.1, 0.15) is 26.2 Å². The number of aliphatic carboxylic acids is 1. The lowest BCUT2D eigenvalue weighted by atomic mass is 9.72. The first-order valence-electron chi connectivity index (χ1n) is 5.30. The Morgan fingerprint density at radius 3 is 2.75 bits per heavy atom. The van der Waals surface area contributed by atoms with Crippen molar-refractivity contribution in [3.8, 4) is 0 Å². The molecule has 1 aliphatic heterocycles. The third-order valence-electron chi connectivity index (χ3n) is 3.26. The van der Waals surface area contributed by atoms with Gasteiger partial charge < -0.3 is 10.4 Å². The normalized spacial score (nSPS) is 29.8. The maximum Gasteiger partial charge on any atom is 0.316 e. The molecule has 1 saturated carbocycles. The summed E-state index contributed by atoms with van der Waals surface area (Å²) in [5.74, 6) is -3.23. The van der Waals surface area contributed by atoms with E-state index in [1.165, 1.54) is 0 Å². The van der Waals surface area contributed by atoms with Gasteiger partial charge in [0.15, 0.2) is 5.78 Å². The Morgan fingerprint density at radius 1 is 1.44 bits per heavy atom. The van der Waals surface area contributed by atoms with Gasteiger partial charge in [0.2, 0.25) is 5.91 Å². The fourth-order valence-electron chi connectivity index (χ4n) is 2.59. The lowest BCUT2D eigenvalue weighted by Crippen LogP contribution is -2.47. The largest absolute Gasteiger partial charge is 0.481 e. The monoisotopic (exact) mass is 223 g/mol. The molecule has 0 aromatic heterocycles. The van der Waals surface area contributed by atoms with Crippen LogP contribution in [0.5, 0.6) is 0 Å². The number of rotatable bonds is 1. The van der Waals surface area contributed by atoms with Crippen molar-refractivity contribution in [1.82, 2.24) is 5.32 Å². The molecule has 1 fully saturated rings. The van der Waals surface area contributed by atoms with E-state index in [9.17, 15) is 14.4 Å². The van der Waals surface area contributed by atoms with Crippen LogP contribution in [0.25, 0.3) is 0 Å². The number of nitrogens with one attached hydrogen (secondary N) is 1. The summed E-state index contributed by atoms with van der Waals surface area (Å²) in [6.45, 7) is 1.65. The van der Waals surface area contributed by atoms with E-state index in [2.05, 4.69) is 5.32 Å². The molecule has 2 atom stereocenters. The van der Waals surface area contributed by atoms with Crippen LogP contribution >= 0.6 is 0 Å². The molecule has 2 N–H and O–H groups in total. The average molecular weight is 223 g/mol. The quantitative estimate of drug-likeness (QED) is 0.632. The standard InChI is InChI=1S/C11H13NO4/c1-5-8-6(3-2-4-7(8)13)9(11(15)16)10(14)12-5/h6,9H,2-4H2,1H3,(H,12,14)(H,15,16). The maximum absolute atomic E-state index is 11.7. The maximum atomic E-state index is 11.7. The summed E-state index contributed by atoms with van der Waals surface area (Å²) in [5, 5.41) is 11.5. The van der Waals surface area contributed by atoms with Crippen molar-refractivity contribution in [3.63, 3.8) is 0 Å². The molecule has 86 valence electrons. The summed E-state index contributed by atoms with van der Waals surface area (Å²) >= 11 is 0. The van der Waals surface area contributed by atoms with Crippen molar-refractivity contribution in [1.29, 1.82) is 0 Å². The summed E-state index contributed by atoms with van der Waals surface area (Å²) in [7, 11) is 0. The Kier molecular flexibility index (Phi) is 2.53. The van der Waals surface area contributed by atoms with Gasteiger partial charge in [-0.15, -0.1) is 0 Å². The molecule has 1 heterocycles. The number of Topliss-reactive ketones (excluding diaryl/α,β-unsaturated/α-hetero) is 1. The van der Waals surface area contributed by atoms with Gasteiger partial charge in [0.05, 0.1) is 0 Å². The van der Waals surface area contributed by atoms with Crippen LogP contribution in [0.2, 0.25) is 0 Å². The van der Waals surface area contributed by atoms with E-state index < -0.39 is 23.7 Å². The van der Waals surface area contributed by atoms with Crippen molar-refractivity contribution in [2.45, 2.75) is 26.2 Å². The minimum absolute atomic E-state index is 0.0278. The number of fused-ring (bicyclic) bond motifs is 1. The number of carbonyl (C=O) groups excluding carboxylic acids is 2. The number of allylic oxidation sites excluding steroid dienone is 2. The molecule has 0 aromatic carbocycles. The van der Waals surface area contributed by atoms with E-state index in [0.29, 0.717) is 30.5 Å². The number of carbonyl (C=O) groups is 3. The van der Waals surface area contributed by atoms with Crippen molar-refractivity contribution < 1.29 is 19.5 Å². The molecule has 2 aliphatic rings. The summed E-state index contributed by atoms with van der Waals surface area (Å²) in [5.41, 5.74) is 1.04. The second-order valence-corrected chi connectivity index (χ2v) is 4.27. The molecular weight excluding hydrogens is 210 g/mol. The number of hydrogen-bond acceptors (Lipinski definition) is 3. The van der Waals surface area contributed by atoms with Crippen LogP contribution < -0.4 is 5.32 Å². The highest BCUT2D eigenvalue weighted by molar-refractivity contribution is 6.05. The SMILES string of the molecule is CC1=C2C(=O)CCCC2C(C(=O)O)C(=O)N1. The zero-order chi connectivity index (χ0) is 11.9. The molecule has 2 unspecified atom stereocenters. The van der Waals surface area contributed by atoms with Crippen LogP contribution in [0.4, 0.5) is 0 Å². The molecule has 0 spiro atoms. The minimum atomic E-state index is -1.15. The van der Waals surface area contributed by atoms with E-state index >= 15 is 0 Å². The van der Waals surface area contributed by atoms with E-state index in [-0.39, 0.29) is 5.78 Å². The van der Waals surface area contributed by atoms with E-state index in [1.807, 2.05) is 0 Å². The van der Waals surface area contributed by atoms with Crippen LogP contribution in [0.3, 0.4) is 0 Å². The Morgan fingerprint density at radius 2 is 2.12 bits per heavy atom. The smallest absolute Gasteiger partial charge is 0.316 e. The topological polar surface area (TPSA) is 83.5 Å². The molecule has 2 rings (SSSR count). The van der Waals surface area contributed by atoms with Crippen molar-refractivity contribution in [2.75, 3.05) is 0 Å². The highest BCUT2D eigenvalue weighted by Crippen LogP contribution is 2.37. The van der Waals surface area contributed by atoms with Crippen LogP contribution in [0, 0.1) is 11.8 Å². The zero-order valence-corrected chi connectivity index (χ0v) is 8.95. The van der Waals surface area contributed by atoms with Gasteiger partial charge in [0, 0.05) is 23.6 Å². The number of ketones is 1. The first-order valence-corrected chi connectivity index (χ1v) is 5.30. The van der Waals surface area contributed by atoms with Crippen molar-refractivity contribution >= 4 is 17.7 Å². The number of carboxylic acid groups (broad SMARTS) is 1. The van der Waals surface area contributed by atoms with Gasteiger partial charge >= 0.3 is 5.97 Å². The Hall–Kier alpha value is -1.65. The molecular formula is C11H13NO4. The van der Waals surface area contributed by atoms with Gasteiger partial charge in [0.25, 0.3) is 0 Å². The van der Waals surface area contributed by atoms with E-state index in [1.54, 1.807) is 6.92 Å². The van der Waals surface area contributed by atoms with Crippen LogP contribution in [-0.2, 0) is 14.4 Å². The van der Waals surface area contributed by atoms with Gasteiger partial charge in [-0.2, -0.15) is 0 Å². The van der Waals surface area contributed by atoms with Gasteiger partial charge in [0.1, 0.15) is 5.92 Å². The van der Waals surface area contributed by atoms with Crippen LogP contribution in [0.15, 0.2) is 11.3 Å². The Bertz CT molecular complexity index is 410. The summed E-state index contributed by atoms with van der Waals surface area (Å²) in [6.07, 6.45) is 1.71. The third kappa shape index (κ3) is 1.52. The number of carboxylic acids is 1. The lowest BCUT2D eigenvalue weighted by molar-refractivity contribution is -0.149. The van der Waals surface area contributed by atoms with Crippen molar-refractivity contribution in [3.05, 3.63) is 11.3 Å². The number of amides is 1. The molecule has 5 heteroatoms.